The number of carbonyl (C=O) groups is 4. The quantitative estimate of drug-likeness (QED) is 0.0821. The fourth-order valence-corrected chi connectivity index (χ4v) is 11.4. The third-order valence-electron chi connectivity index (χ3n) is 12.4. The number of thiophene rings is 1. The molecule has 0 unspecified atom stereocenters. The molecule has 8 rings (SSSR count). The maximum Gasteiger partial charge on any atom is 0.306 e. The molecule has 2 aliphatic heterocycles. The van der Waals surface area contributed by atoms with E-state index in [1.54, 1.807) is 22.7 Å². The molecule has 0 spiro atoms. The van der Waals surface area contributed by atoms with E-state index in [-0.39, 0.29) is 43.0 Å². The van der Waals surface area contributed by atoms with E-state index < -0.39 is 41.5 Å². The minimum Gasteiger partial charge on any atom is -0.481 e. The first kappa shape index (κ1) is 47.5. The van der Waals surface area contributed by atoms with Crippen LogP contribution >= 0.6 is 34.4 Å². The summed E-state index contributed by atoms with van der Waals surface area (Å²) in [7, 11) is 0. The molecular weight excluding hydrogens is 905 g/mol. The summed E-state index contributed by atoms with van der Waals surface area (Å²) in [4.78, 5) is 67.4. The van der Waals surface area contributed by atoms with Gasteiger partial charge in [-0.2, -0.15) is 0 Å². The summed E-state index contributed by atoms with van der Waals surface area (Å²) in [5, 5.41) is 36.1. The van der Waals surface area contributed by atoms with Gasteiger partial charge in [0.15, 0.2) is 5.82 Å². The van der Waals surface area contributed by atoms with Crippen molar-refractivity contribution in [2.45, 2.75) is 103 Å². The first-order valence-corrected chi connectivity index (χ1v) is 24.8. The highest BCUT2D eigenvalue weighted by atomic mass is 32.2. The van der Waals surface area contributed by atoms with Crippen LogP contribution in [0, 0.1) is 33.1 Å². The van der Waals surface area contributed by atoms with Crippen LogP contribution in [0.4, 0.5) is 0 Å². The van der Waals surface area contributed by atoms with Crippen molar-refractivity contribution in [1.29, 1.82) is 0 Å². The van der Waals surface area contributed by atoms with Crippen LogP contribution in [-0.4, -0.2) is 94.7 Å². The first-order valence-electron chi connectivity index (χ1n) is 22.1. The standard InChI is InChI=1S/C50H54N8O6S3/c1-26-29(4)67-49-42(26)43(53-38(22-41(61)62)46-56-55-30(5)58(46)49)34-13-11-32(12-14-34)33-17-19-37(20-18-33)65-24-40(60)54-45(50(6,7)8)48(64)57-23-36(59)21-39(57)47(63)52-27(2)31-9-15-35(16-10-31)44-28(3)51-25-66-44/h9-20,25,27,36,38-39,45,59H,21-24H2,1-8H3,(H,52,63)(H,54,60)(H,61,62)/t27-,36+,38-,39-,45+/m0/s1. The van der Waals surface area contributed by atoms with E-state index >= 15 is 0 Å². The maximum absolute atomic E-state index is 14.2. The number of aromatic nitrogens is 4. The van der Waals surface area contributed by atoms with Crippen molar-refractivity contribution in [3.63, 3.8) is 0 Å². The Bertz CT molecular complexity index is 2860. The molecule has 6 aromatic rings. The van der Waals surface area contributed by atoms with Crippen LogP contribution in [0.25, 0.3) is 26.6 Å². The Kier molecular flexibility index (Phi) is 13.7. The lowest BCUT2D eigenvalue weighted by Gasteiger charge is -2.35. The topological polar surface area (TPSA) is 192 Å². The van der Waals surface area contributed by atoms with Gasteiger partial charge in [-0.15, -0.1) is 44.6 Å². The Morgan fingerprint density at radius 3 is 2.15 bits per heavy atom. The highest BCUT2D eigenvalue weighted by molar-refractivity contribution is 8.00. The van der Waals surface area contributed by atoms with Crippen molar-refractivity contribution in [2.75, 3.05) is 12.3 Å². The van der Waals surface area contributed by atoms with Gasteiger partial charge in [0.25, 0.3) is 0 Å². The normalized spacial score (nSPS) is 17.8. The SMILES string of the molecule is Cc1ncsc1-c1ccc([C@H](C)NC(=O)[C@@H]2C[C@@H](O)CN2C(=O)[C@@H](NC(=O)CSc2ccc(-c3ccc(C4=N[C@@H](CC(=O)O)c5nnc(C)n5-c5sc(C)c(C)c54)cc3)cc2)C(C)(C)C)cc1. The number of likely N-dealkylation sites (tertiary alicyclic amines) is 1. The first-order chi connectivity index (χ1) is 31.9. The molecule has 2 aliphatic rings. The molecule has 3 aromatic carbocycles. The van der Waals surface area contributed by atoms with E-state index in [1.165, 1.54) is 16.7 Å². The second kappa shape index (κ2) is 19.3. The van der Waals surface area contributed by atoms with Crippen molar-refractivity contribution < 1.29 is 29.4 Å². The van der Waals surface area contributed by atoms with Crippen molar-refractivity contribution in [1.82, 2.24) is 35.3 Å². The van der Waals surface area contributed by atoms with Gasteiger partial charge in [-0.05, 0) is 80.0 Å². The Balaban J connectivity index is 0.902. The van der Waals surface area contributed by atoms with Crippen LogP contribution in [0.5, 0.6) is 0 Å². The number of hydrogen-bond acceptors (Lipinski definition) is 12. The number of aliphatic hydroxyl groups is 1. The number of carboxylic acids is 1. The number of hydrogen-bond donors (Lipinski definition) is 4. The molecule has 17 heteroatoms. The summed E-state index contributed by atoms with van der Waals surface area (Å²) in [5.41, 5.74) is 9.58. The number of aliphatic imine (C=N–C) groups is 1. The fraction of sp³-hybridized carbons (Fsp3) is 0.360. The number of carboxylic acid groups (broad SMARTS) is 1. The highest BCUT2D eigenvalue weighted by Gasteiger charge is 2.45. The smallest absolute Gasteiger partial charge is 0.306 e. The number of amides is 3. The predicted molar refractivity (Wildman–Crippen MR) is 263 cm³/mol. The van der Waals surface area contributed by atoms with Gasteiger partial charge < -0.3 is 25.7 Å². The van der Waals surface area contributed by atoms with E-state index in [1.807, 2.05) is 124 Å². The van der Waals surface area contributed by atoms with Crippen molar-refractivity contribution in [2.24, 2.45) is 10.4 Å². The molecule has 67 heavy (non-hydrogen) atoms. The second-order valence-electron chi connectivity index (χ2n) is 18.3. The summed E-state index contributed by atoms with van der Waals surface area (Å²) in [6.45, 7) is 15.4. The average molecular weight is 959 g/mol. The molecule has 4 N–H and O–H groups in total. The summed E-state index contributed by atoms with van der Waals surface area (Å²) in [6, 6.07) is 21.0. The molecule has 0 aliphatic carbocycles. The minimum atomic E-state index is -0.970. The lowest BCUT2D eigenvalue weighted by atomic mass is 9.85. The van der Waals surface area contributed by atoms with E-state index in [9.17, 15) is 29.4 Å². The Morgan fingerprint density at radius 1 is 0.881 bits per heavy atom. The summed E-state index contributed by atoms with van der Waals surface area (Å²) in [5.74, 6) is -0.833. The van der Waals surface area contributed by atoms with E-state index in [2.05, 4.69) is 39.7 Å². The number of aliphatic carboxylic acids is 1. The number of benzene rings is 3. The zero-order valence-electron chi connectivity index (χ0n) is 38.7. The Labute approximate surface area is 402 Å². The Hall–Kier alpha value is -6.01. The zero-order valence-corrected chi connectivity index (χ0v) is 41.1. The van der Waals surface area contributed by atoms with Gasteiger partial charge in [0.05, 0.1) is 46.1 Å². The number of thiazole rings is 1. The summed E-state index contributed by atoms with van der Waals surface area (Å²) < 4.78 is 1.94. The van der Waals surface area contributed by atoms with Crippen LogP contribution in [-0.2, 0) is 19.2 Å². The average Bonchev–Trinajstić information content (AvgIpc) is 4.06. The number of nitrogens with one attached hydrogen (secondary N) is 2. The number of aryl methyl sites for hydroxylation is 3. The van der Waals surface area contributed by atoms with Gasteiger partial charge in [-0.25, -0.2) is 4.98 Å². The fourth-order valence-electron chi connectivity index (χ4n) is 8.62. The van der Waals surface area contributed by atoms with Crippen LogP contribution in [0.1, 0.15) is 97.1 Å². The number of fused-ring (bicyclic) bond motifs is 3. The van der Waals surface area contributed by atoms with Gasteiger partial charge >= 0.3 is 5.97 Å². The molecule has 1 fully saturated rings. The van der Waals surface area contributed by atoms with E-state index in [0.717, 1.165) is 64.3 Å². The molecule has 348 valence electrons. The molecule has 5 heterocycles. The predicted octanol–water partition coefficient (Wildman–Crippen LogP) is 8.18. The number of thioether (sulfide) groups is 1. The number of rotatable bonds is 13. The molecule has 0 bridgehead atoms. The molecule has 14 nitrogen and oxygen atoms in total. The lowest BCUT2D eigenvalue weighted by Crippen LogP contribution is -2.58. The van der Waals surface area contributed by atoms with Crippen LogP contribution in [0.3, 0.4) is 0 Å². The van der Waals surface area contributed by atoms with Crippen LogP contribution in [0.15, 0.2) is 88.2 Å². The van der Waals surface area contributed by atoms with Gasteiger partial charge in [-0.1, -0.05) is 81.4 Å². The maximum atomic E-state index is 14.2. The van der Waals surface area contributed by atoms with Gasteiger partial charge in [0.1, 0.15) is 29.0 Å². The number of aliphatic hydroxyl groups excluding tert-OH is 1. The second-order valence-corrected chi connectivity index (χ2v) is 21.4. The van der Waals surface area contributed by atoms with Gasteiger partial charge in [-0.3, -0.25) is 28.7 Å². The monoisotopic (exact) mass is 958 g/mol. The largest absolute Gasteiger partial charge is 0.481 e. The molecule has 5 atom stereocenters. The molecule has 0 saturated carbocycles. The van der Waals surface area contributed by atoms with Crippen LogP contribution in [0.2, 0.25) is 0 Å². The third kappa shape index (κ3) is 10.0. The van der Waals surface area contributed by atoms with E-state index in [0.29, 0.717) is 17.4 Å². The Morgan fingerprint density at radius 2 is 1.52 bits per heavy atom. The van der Waals surface area contributed by atoms with Crippen LogP contribution < -0.4 is 10.6 Å². The molecule has 3 amide bonds. The highest BCUT2D eigenvalue weighted by Crippen LogP contribution is 2.40. The van der Waals surface area contributed by atoms with Gasteiger partial charge in [0, 0.05) is 33.9 Å². The van der Waals surface area contributed by atoms with Crippen molar-refractivity contribution in [3.8, 4) is 26.6 Å². The van der Waals surface area contributed by atoms with Gasteiger partial charge in [0.2, 0.25) is 17.7 Å². The summed E-state index contributed by atoms with van der Waals surface area (Å²) in [6.07, 6.45) is -1.000. The summed E-state index contributed by atoms with van der Waals surface area (Å²) >= 11 is 4.54. The molecule has 0 radical (unpaired) electrons. The number of β-amino-alcohol motifs (C(OH)–C–C–N with tert-alkyl or cyclic N) is 1. The lowest BCUT2D eigenvalue weighted by molar-refractivity contribution is -0.143. The number of nitrogens with zero attached hydrogens (tertiary/aromatic N) is 6. The molecule has 3 aromatic heterocycles. The zero-order chi connectivity index (χ0) is 47.9. The number of carbonyl (C=O) groups excluding carboxylic acids is 3. The van der Waals surface area contributed by atoms with E-state index in [4.69, 9.17) is 4.99 Å². The minimum absolute atomic E-state index is 0.0122. The third-order valence-corrected chi connectivity index (χ3v) is 15.6. The van der Waals surface area contributed by atoms with Crippen molar-refractivity contribution >= 4 is 63.8 Å². The molecule has 1 saturated heterocycles. The molecular formula is C50H54N8O6S3. The van der Waals surface area contributed by atoms with Crippen molar-refractivity contribution in [3.05, 3.63) is 123 Å².